The molecule has 3 heteroatoms. The molecule has 1 heterocycles. The highest BCUT2D eigenvalue weighted by molar-refractivity contribution is 6.19. The Labute approximate surface area is 351 Å². The largest absolute Gasteiger partial charge is 0.208 e. The lowest BCUT2D eigenvalue weighted by atomic mass is 9.77. The van der Waals surface area contributed by atoms with Gasteiger partial charge in [0.15, 0.2) is 17.5 Å². The molecule has 0 fully saturated rings. The Balaban J connectivity index is 1.23. The van der Waals surface area contributed by atoms with Crippen molar-refractivity contribution in [3.8, 4) is 56.4 Å². The molecule has 0 unspecified atom stereocenters. The zero-order valence-electron chi connectivity index (χ0n) is 33.8. The third-order valence-electron chi connectivity index (χ3n) is 11.9. The molecule has 0 aliphatic heterocycles. The minimum atomic E-state index is -0.144. The van der Waals surface area contributed by atoms with Crippen molar-refractivity contribution in [2.75, 3.05) is 0 Å². The molecule has 0 saturated carbocycles. The second-order valence-electron chi connectivity index (χ2n) is 16.2. The van der Waals surface area contributed by atoms with Gasteiger partial charge in [0.2, 0.25) is 0 Å². The highest BCUT2D eigenvalue weighted by Gasteiger charge is 2.27. The monoisotopic (exact) mass is 769 g/mol. The van der Waals surface area contributed by atoms with E-state index < -0.39 is 0 Å². The molecule has 1 aromatic heterocycles. The van der Waals surface area contributed by atoms with Crippen molar-refractivity contribution in [1.29, 1.82) is 0 Å². The van der Waals surface area contributed by atoms with E-state index in [1.165, 1.54) is 16.5 Å². The fourth-order valence-corrected chi connectivity index (χ4v) is 8.67. The molecule has 0 amide bonds. The molecular formula is C57H43N3. The SMILES string of the molecule is C=C1/C=C\C(c2c(-c3nc(-c4ccc(-c5ccccc5)cc4)nc(-c4ccc(-c5ccccc5)cc4)n3)c3ccccc3c3ccccc23)=C/CC(C)(C)c2ccccc21. The third kappa shape index (κ3) is 6.84. The number of benzene rings is 8. The molecule has 60 heavy (non-hydrogen) atoms. The first-order valence-electron chi connectivity index (χ1n) is 20.6. The van der Waals surface area contributed by atoms with Gasteiger partial charge in [0.25, 0.3) is 0 Å². The number of nitrogens with zero attached hydrogens (tertiary/aromatic N) is 3. The molecule has 1 aliphatic carbocycles. The van der Waals surface area contributed by atoms with Crippen LogP contribution >= 0.6 is 0 Å². The summed E-state index contributed by atoms with van der Waals surface area (Å²) in [6.45, 7) is 9.24. The summed E-state index contributed by atoms with van der Waals surface area (Å²) in [7, 11) is 0. The van der Waals surface area contributed by atoms with Gasteiger partial charge >= 0.3 is 0 Å². The molecule has 0 radical (unpaired) electrons. The Bertz CT molecular complexity index is 3020. The average molecular weight is 770 g/mol. The highest BCUT2D eigenvalue weighted by atomic mass is 15.0. The van der Waals surface area contributed by atoms with E-state index in [1.54, 1.807) is 0 Å². The standard InChI is InChI=1S/C57H43N3/c1-38-26-27-43(36-37-57(2,3)51-25-15-14-20-46(38)51)52-49-23-12-10-21-47(49)48-22-11-13-24-50(48)53(52)56-59-54(44-32-28-41(29-33-44)39-16-6-4-7-17-39)58-55(60-56)45-34-30-42(31-35-45)40-18-8-5-9-19-40/h4-36H,1,37H2,2-3H3/b27-26-,43-36+. The first-order chi connectivity index (χ1) is 29.4. The molecule has 9 aromatic rings. The van der Waals surface area contributed by atoms with E-state index in [0.29, 0.717) is 17.5 Å². The molecule has 3 nitrogen and oxygen atoms in total. The maximum absolute atomic E-state index is 5.42. The van der Waals surface area contributed by atoms with E-state index in [1.807, 2.05) is 12.1 Å². The molecule has 0 saturated heterocycles. The summed E-state index contributed by atoms with van der Waals surface area (Å²) in [5.41, 5.74) is 12.9. The summed E-state index contributed by atoms with van der Waals surface area (Å²) < 4.78 is 0. The fraction of sp³-hybridized carbons (Fsp3) is 0.0702. The molecule has 10 rings (SSSR count). The number of hydrogen-bond donors (Lipinski definition) is 0. The molecule has 8 aromatic carbocycles. The van der Waals surface area contributed by atoms with Crippen LogP contribution in [0.4, 0.5) is 0 Å². The van der Waals surface area contributed by atoms with Gasteiger partial charge in [-0.1, -0.05) is 221 Å². The summed E-state index contributed by atoms with van der Waals surface area (Å²) in [4.78, 5) is 16.1. The second-order valence-corrected chi connectivity index (χ2v) is 16.2. The van der Waals surface area contributed by atoms with Gasteiger partial charge < -0.3 is 0 Å². The lowest BCUT2D eigenvalue weighted by Gasteiger charge is -2.27. The van der Waals surface area contributed by atoms with E-state index >= 15 is 0 Å². The molecule has 286 valence electrons. The quantitative estimate of drug-likeness (QED) is 0.158. The van der Waals surface area contributed by atoms with Crippen molar-refractivity contribution in [1.82, 2.24) is 15.0 Å². The predicted octanol–water partition coefficient (Wildman–Crippen LogP) is 14.8. The molecule has 1 aliphatic rings. The Morgan fingerprint density at radius 3 is 1.37 bits per heavy atom. The number of rotatable bonds is 6. The number of fused-ring (bicyclic) bond motifs is 4. The lowest BCUT2D eigenvalue weighted by Crippen LogP contribution is -2.18. The van der Waals surface area contributed by atoms with Crippen molar-refractivity contribution >= 4 is 32.7 Å². The summed E-state index contributed by atoms with van der Waals surface area (Å²) in [6, 6.07) is 64.1. The molecule has 0 atom stereocenters. The zero-order chi connectivity index (χ0) is 40.6. The van der Waals surface area contributed by atoms with Gasteiger partial charge in [0, 0.05) is 22.3 Å². The van der Waals surface area contributed by atoms with Gasteiger partial charge in [-0.3, -0.25) is 0 Å². The minimum absolute atomic E-state index is 0.144. The van der Waals surface area contributed by atoms with Gasteiger partial charge in [-0.15, -0.1) is 0 Å². The van der Waals surface area contributed by atoms with Crippen LogP contribution in [0, 0.1) is 0 Å². The van der Waals surface area contributed by atoms with Crippen LogP contribution in [-0.4, -0.2) is 15.0 Å². The fourth-order valence-electron chi connectivity index (χ4n) is 8.67. The summed E-state index contributed by atoms with van der Waals surface area (Å²) >= 11 is 0. The van der Waals surface area contributed by atoms with Crippen LogP contribution in [0.2, 0.25) is 0 Å². The minimum Gasteiger partial charge on any atom is -0.208 e. The Hall–Kier alpha value is -7.49. The van der Waals surface area contributed by atoms with Crippen molar-refractivity contribution in [2.24, 2.45) is 0 Å². The number of allylic oxidation sites excluding steroid dienone is 5. The highest BCUT2D eigenvalue weighted by Crippen LogP contribution is 2.44. The van der Waals surface area contributed by atoms with E-state index in [4.69, 9.17) is 15.0 Å². The van der Waals surface area contributed by atoms with Gasteiger partial charge in [0.1, 0.15) is 0 Å². The van der Waals surface area contributed by atoms with Gasteiger partial charge in [0.05, 0.1) is 0 Å². The van der Waals surface area contributed by atoms with Crippen LogP contribution in [0.1, 0.15) is 37.0 Å². The Kier molecular flexibility index (Phi) is 9.42. The lowest BCUT2D eigenvalue weighted by molar-refractivity contribution is 0.533. The Morgan fingerprint density at radius 2 is 0.817 bits per heavy atom. The molecular weight excluding hydrogens is 727 g/mol. The normalized spacial score (nSPS) is 15.0. The van der Waals surface area contributed by atoms with Crippen LogP contribution < -0.4 is 0 Å². The van der Waals surface area contributed by atoms with Gasteiger partial charge in [-0.25, -0.2) is 15.0 Å². The third-order valence-corrected chi connectivity index (χ3v) is 11.9. The van der Waals surface area contributed by atoms with Gasteiger partial charge in [-0.2, -0.15) is 0 Å². The van der Waals surface area contributed by atoms with Crippen LogP contribution in [0.25, 0.3) is 89.1 Å². The molecule has 0 N–H and O–H groups in total. The van der Waals surface area contributed by atoms with E-state index in [9.17, 15) is 0 Å². The first-order valence-corrected chi connectivity index (χ1v) is 20.6. The topological polar surface area (TPSA) is 38.7 Å². The number of aromatic nitrogens is 3. The second kappa shape index (κ2) is 15.4. The zero-order valence-corrected chi connectivity index (χ0v) is 33.8. The number of hydrogen-bond acceptors (Lipinski definition) is 3. The van der Waals surface area contributed by atoms with Crippen LogP contribution in [-0.2, 0) is 5.41 Å². The first kappa shape index (κ1) is 36.8. The van der Waals surface area contributed by atoms with Crippen LogP contribution in [0.3, 0.4) is 0 Å². The molecule has 0 spiro atoms. The maximum Gasteiger partial charge on any atom is 0.165 e. The van der Waals surface area contributed by atoms with Crippen LogP contribution in [0.5, 0.6) is 0 Å². The van der Waals surface area contributed by atoms with Crippen molar-refractivity contribution in [3.05, 3.63) is 223 Å². The van der Waals surface area contributed by atoms with Crippen LogP contribution in [0.15, 0.2) is 207 Å². The van der Waals surface area contributed by atoms with E-state index in [-0.39, 0.29) is 5.41 Å². The van der Waals surface area contributed by atoms with Crippen molar-refractivity contribution in [3.63, 3.8) is 0 Å². The Morgan fingerprint density at radius 1 is 0.400 bits per heavy atom. The average Bonchev–Trinajstić information content (AvgIpc) is 3.36. The van der Waals surface area contributed by atoms with Gasteiger partial charge in [-0.05, 0) is 77.9 Å². The smallest absolute Gasteiger partial charge is 0.165 e. The molecule has 0 bridgehead atoms. The summed E-state index contributed by atoms with van der Waals surface area (Å²) in [6.07, 6.45) is 7.65. The van der Waals surface area contributed by atoms with Crippen molar-refractivity contribution in [2.45, 2.75) is 25.7 Å². The van der Waals surface area contributed by atoms with E-state index in [2.05, 4.69) is 209 Å². The maximum atomic E-state index is 5.42. The summed E-state index contributed by atoms with van der Waals surface area (Å²) in [5, 5.41) is 4.57. The van der Waals surface area contributed by atoms with E-state index in [0.717, 1.165) is 78.2 Å². The summed E-state index contributed by atoms with van der Waals surface area (Å²) in [5.74, 6) is 1.87. The predicted molar refractivity (Wildman–Crippen MR) is 252 cm³/mol. The van der Waals surface area contributed by atoms with Crippen molar-refractivity contribution < 1.29 is 0 Å².